The molecule has 0 aliphatic carbocycles. The van der Waals surface area contributed by atoms with Crippen LogP contribution in [0, 0.1) is 5.92 Å². The monoisotopic (exact) mass is 768 g/mol. The standard InChI is InChI=1S/C39H49ClN4O10/c1-21-10-9-11-28(49-6)26-18-29(52-38(48)42-26)22(2)36-39(3,54-36)32(19-33(45)44(5)27-15-23(14-21)16-31(51-8)35(27)40)53-34(46)20-43(4)37(47)25-13-12-24(41)17-30(25)50-7/h9-13,15-17,22,26,28-29,32,36H,14,18-20,41H2,1-8H3,(H,42,48)/b11-9+,21-10+/t22-,26?,28-,29+,32+,36+,39+/m1/s1. The Morgan fingerprint density at radius 1 is 1.13 bits per heavy atom. The molecule has 4 bridgehead atoms. The first-order chi connectivity index (χ1) is 25.6. The Morgan fingerprint density at radius 3 is 2.54 bits per heavy atom. The topological polar surface area (TPSA) is 171 Å². The van der Waals surface area contributed by atoms with Crippen molar-refractivity contribution in [1.82, 2.24) is 10.2 Å². The van der Waals surface area contributed by atoms with Crippen molar-refractivity contribution in [2.45, 2.75) is 76.1 Å². The Morgan fingerprint density at radius 2 is 1.85 bits per heavy atom. The number of ether oxygens (including phenoxy) is 6. The third-order valence-electron chi connectivity index (χ3n) is 10.3. The minimum Gasteiger partial charge on any atom is -0.496 e. The number of benzene rings is 2. The fourth-order valence-corrected chi connectivity index (χ4v) is 7.42. The number of rotatable bonds is 7. The van der Waals surface area contributed by atoms with Crippen LogP contribution >= 0.6 is 11.6 Å². The predicted molar refractivity (Wildman–Crippen MR) is 202 cm³/mol. The molecule has 2 saturated heterocycles. The van der Waals surface area contributed by atoms with Crippen LogP contribution in [0.1, 0.15) is 49.5 Å². The number of hydrogen-bond acceptors (Lipinski definition) is 11. The molecular weight excluding hydrogens is 720 g/mol. The number of allylic oxidation sites excluding steroid dienone is 3. The lowest BCUT2D eigenvalue weighted by Gasteiger charge is -2.36. The minimum atomic E-state index is -1.16. The first-order valence-corrected chi connectivity index (χ1v) is 18.0. The third-order valence-corrected chi connectivity index (χ3v) is 10.7. The molecule has 3 heterocycles. The first-order valence-electron chi connectivity index (χ1n) is 17.6. The van der Waals surface area contributed by atoms with Crippen LogP contribution in [0.3, 0.4) is 0 Å². The Balaban J connectivity index is 1.48. The van der Waals surface area contributed by atoms with Crippen molar-refractivity contribution in [1.29, 1.82) is 0 Å². The van der Waals surface area contributed by atoms with Gasteiger partial charge in [-0.2, -0.15) is 0 Å². The van der Waals surface area contributed by atoms with E-state index in [0.29, 0.717) is 30.0 Å². The van der Waals surface area contributed by atoms with E-state index in [-0.39, 0.29) is 28.7 Å². The van der Waals surface area contributed by atoms with Crippen LogP contribution in [-0.4, -0.2) is 107 Å². The van der Waals surface area contributed by atoms with Gasteiger partial charge in [0.15, 0.2) is 0 Å². The van der Waals surface area contributed by atoms with Gasteiger partial charge in [0.25, 0.3) is 5.91 Å². The van der Waals surface area contributed by atoms with Gasteiger partial charge >= 0.3 is 12.1 Å². The van der Waals surface area contributed by atoms with Gasteiger partial charge in [-0.3, -0.25) is 14.4 Å². The number of hydrogen-bond donors (Lipinski definition) is 2. The van der Waals surface area contributed by atoms with Gasteiger partial charge < -0.3 is 49.3 Å². The molecule has 15 heteroatoms. The van der Waals surface area contributed by atoms with Crippen molar-refractivity contribution in [2.75, 3.05) is 52.6 Å². The molecule has 2 fully saturated rings. The van der Waals surface area contributed by atoms with Crippen LogP contribution in [0.15, 0.2) is 54.1 Å². The third kappa shape index (κ3) is 8.77. The molecule has 0 radical (unpaired) electrons. The van der Waals surface area contributed by atoms with Gasteiger partial charge in [0.05, 0.1) is 50.1 Å². The molecular formula is C39H49ClN4O10. The van der Waals surface area contributed by atoms with E-state index >= 15 is 0 Å². The van der Waals surface area contributed by atoms with Crippen molar-refractivity contribution < 1.29 is 47.6 Å². The number of methoxy groups -OCH3 is 3. The number of nitrogens with zero attached hydrogens (tertiary/aromatic N) is 2. The molecule has 2 aromatic rings. The molecule has 2 aromatic carbocycles. The van der Waals surface area contributed by atoms with Crippen LogP contribution in [0.25, 0.3) is 0 Å². The number of fused-ring (bicyclic) bond motifs is 5. The Kier molecular flexibility index (Phi) is 12.5. The molecule has 5 rings (SSSR count). The number of nitrogens with two attached hydrogens (primary N) is 1. The SMILES string of the molecule is COc1cc(N)ccc1C(=O)N(C)CC(=O)O[C@H]1CC(=O)N(C)c2cc(cc(OC)c2Cl)C/C(C)=C/C=C/[C@@H](OC)C2C[C@H](OC(=O)N2)[C@@H](C)[C@@H]2O[C@@]12C. The zero-order valence-corrected chi connectivity index (χ0v) is 32.6. The summed E-state index contributed by atoms with van der Waals surface area (Å²) in [7, 11) is 7.53. The average molecular weight is 769 g/mol. The molecule has 54 heavy (non-hydrogen) atoms. The number of carbonyl (C=O) groups excluding carboxylic acids is 4. The smallest absolute Gasteiger partial charge is 0.407 e. The normalized spacial score (nSPS) is 28.7. The number of amides is 3. The molecule has 3 aliphatic heterocycles. The highest BCUT2D eigenvalue weighted by Gasteiger charge is 2.63. The highest BCUT2D eigenvalue weighted by atomic mass is 35.5. The summed E-state index contributed by atoms with van der Waals surface area (Å²) in [5.41, 5.74) is 7.56. The second kappa shape index (κ2) is 16.7. The maximum atomic E-state index is 14.1. The van der Waals surface area contributed by atoms with E-state index in [1.807, 2.05) is 44.2 Å². The summed E-state index contributed by atoms with van der Waals surface area (Å²) in [6.07, 6.45) is 3.05. The highest BCUT2D eigenvalue weighted by Crippen LogP contribution is 2.48. The lowest BCUT2D eigenvalue weighted by Crippen LogP contribution is -2.53. The number of anilines is 2. The molecule has 3 N–H and O–H groups in total. The van der Waals surface area contributed by atoms with Gasteiger partial charge in [-0.05, 0) is 50.1 Å². The maximum absolute atomic E-state index is 14.1. The second-order valence-corrected chi connectivity index (χ2v) is 14.6. The molecule has 0 spiro atoms. The summed E-state index contributed by atoms with van der Waals surface area (Å²) in [5, 5.41) is 3.11. The average Bonchev–Trinajstić information content (AvgIpc) is 3.84. The number of esters is 1. The summed E-state index contributed by atoms with van der Waals surface area (Å²) in [5.74, 6) is -1.42. The van der Waals surface area contributed by atoms with Crippen molar-refractivity contribution in [2.24, 2.45) is 5.92 Å². The van der Waals surface area contributed by atoms with Crippen LogP contribution in [0.5, 0.6) is 11.5 Å². The van der Waals surface area contributed by atoms with Crippen LogP contribution in [0.4, 0.5) is 16.2 Å². The lowest BCUT2D eigenvalue weighted by molar-refractivity contribution is -0.154. The number of epoxide rings is 1. The van der Waals surface area contributed by atoms with Crippen LogP contribution in [0.2, 0.25) is 5.02 Å². The fraction of sp³-hybridized carbons (Fsp3) is 0.487. The molecule has 0 aromatic heterocycles. The number of alkyl carbamates (subject to hydrolysis) is 1. The van der Waals surface area contributed by atoms with Gasteiger partial charge in [0, 0.05) is 45.3 Å². The molecule has 0 saturated carbocycles. The van der Waals surface area contributed by atoms with Gasteiger partial charge in [0.2, 0.25) is 5.91 Å². The summed E-state index contributed by atoms with van der Waals surface area (Å²) in [4.78, 5) is 56.5. The Hall–Kier alpha value is -4.79. The maximum Gasteiger partial charge on any atom is 0.407 e. The number of halogens is 1. The molecule has 14 nitrogen and oxygen atoms in total. The van der Waals surface area contributed by atoms with E-state index in [1.54, 1.807) is 27.1 Å². The van der Waals surface area contributed by atoms with Crippen molar-refractivity contribution >= 4 is 46.9 Å². The molecule has 1 unspecified atom stereocenters. The number of likely N-dealkylation sites (N-methyl/N-ethyl adjacent to an activating group) is 1. The zero-order chi connectivity index (χ0) is 39.5. The predicted octanol–water partition coefficient (Wildman–Crippen LogP) is 4.71. The van der Waals surface area contributed by atoms with E-state index in [2.05, 4.69) is 5.32 Å². The first kappa shape index (κ1) is 40.4. The Labute approximate surface area is 320 Å². The largest absolute Gasteiger partial charge is 0.496 e. The minimum absolute atomic E-state index is 0.207. The summed E-state index contributed by atoms with van der Waals surface area (Å²) in [6, 6.07) is 7.82. The van der Waals surface area contributed by atoms with Crippen molar-refractivity contribution in [3.05, 3.63) is 70.3 Å². The van der Waals surface area contributed by atoms with Gasteiger partial charge in [-0.15, -0.1) is 0 Å². The van der Waals surface area contributed by atoms with Crippen LogP contribution < -0.4 is 25.4 Å². The summed E-state index contributed by atoms with van der Waals surface area (Å²) in [6.45, 7) is 5.17. The molecule has 3 aliphatic rings. The summed E-state index contributed by atoms with van der Waals surface area (Å²) >= 11 is 6.77. The van der Waals surface area contributed by atoms with E-state index in [0.717, 1.165) is 11.1 Å². The molecule has 3 amide bonds. The fourth-order valence-electron chi connectivity index (χ4n) is 7.10. The van der Waals surface area contributed by atoms with Crippen molar-refractivity contribution in [3.63, 3.8) is 0 Å². The van der Waals surface area contributed by atoms with E-state index in [1.165, 1.54) is 43.2 Å². The summed E-state index contributed by atoms with van der Waals surface area (Å²) < 4.78 is 34.8. The number of nitrogen functional groups attached to an aromatic ring is 1. The number of carbonyl (C=O) groups is 4. The molecule has 7 atom stereocenters. The van der Waals surface area contributed by atoms with E-state index in [9.17, 15) is 19.2 Å². The quantitative estimate of drug-likeness (QED) is 0.227. The second-order valence-electron chi connectivity index (χ2n) is 14.2. The van der Waals surface area contributed by atoms with Gasteiger partial charge in [-0.25, -0.2) is 4.79 Å². The van der Waals surface area contributed by atoms with E-state index < -0.39 is 66.5 Å². The van der Waals surface area contributed by atoms with Gasteiger partial charge in [0.1, 0.15) is 40.9 Å². The highest BCUT2D eigenvalue weighted by molar-refractivity contribution is 6.35. The van der Waals surface area contributed by atoms with Crippen LogP contribution in [-0.2, 0) is 35.0 Å². The van der Waals surface area contributed by atoms with Crippen molar-refractivity contribution in [3.8, 4) is 11.5 Å². The molecule has 292 valence electrons. The zero-order valence-electron chi connectivity index (χ0n) is 31.8. The van der Waals surface area contributed by atoms with E-state index in [4.69, 9.17) is 45.8 Å². The van der Waals surface area contributed by atoms with Gasteiger partial charge in [-0.1, -0.05) is 42.3 Å². The Bertz CT molecular complexity index is 1830. The number of nitrogens with one attached hydrogen (secondary N) is 1. The lowest BCUT2D eigenvalue weighted by atomic mass is 9.85.